The Morgan fingerprint density at radius 3 is 2.76 bits per heavy atom. The molecule has 2 rings (SSSR count). The molecule has 1 amide bonds. The Labute approximate surface area is 151 Å². The fraction of sp³-hybridized carbons (Fsp3) is 0.529. The molecule has 1 unspecified atom stereocenters. The number of amides is 1. The van der Waals surface area contributed by atoms with Gasteiger partial charge in [-0.2, -0.15) is 10.2 Å². The van der Waals surface area contributed by atoms with E-state index in [4.69, 9.17) is 21.2 Å². The van der Waals surface area contributed by atoms with Crippen LogP contribution in [-0.4, -0.2) is 36.2 Å². The molecular formula is C17H22ClN3O4. The zero-order chi connectivity index (χ0) is 18.6. The summed E-state index contributed by atoms with van der Waals surface area (Å²) in [4.78, 5) is 29.1. The number of hydroxylamine groups is 2. The van der Waals surface area contributed by atoms with Crippen molar-refractivity contribution in [2.24, 2.45) is 15.6 Å². The molecule has 1 atom stereocenters. The van der Waals surface area contributed by atoms with Crippen molar-refractivity contribution in [2.75, 3.05) is 13.2 Å². The van der Waals surface area contributed by atoms with E-state index in [2.05, 4.69) is 10.2 Å². The Morgan fingerprint density at radius 1 is 1.48 bits per heavy atom. The minimum absolute atomic E-state index is 0.0735. The number of carbonyl (C=O) groups is 2. The maximum Gasteiger partial charge on any atom is 0.332 e. The van der Waals surface area contributed by atoms with Gasteiger partial charge < -0.3 is 4.74 Å². The number of rotatable bonds is 6. The molecule has 0 saturated carbocycles. The van der Waals surface area contributed by atoms with E-state index < -0.39 is 17.4 Å². The van der Waals surface area contributed by atoms with Crippen LogP contribution in [0.4, 0.5) is 5.69 Å². The third-order valence-corrected chi connectivity index (χ3v) is 4.06. The quantitative estimate of drug-likeness (QED) is 0.567. The minimum Gasteiger partial charge on any atom is -0.464 e. The second-order valence-corrected chi connectivity index (χ2v) is 6.83. The van der Waals surface area contributed by atoms with Crippen molar-refractivity contribution in [3.63, 3.8) is 0 Å². The first-order valence-corrected chi connectivity index (χ1v) is 8.43. The Balaban J connectivity index is 2.03. The third kappa shape index (κ3) is 4.76. The molecule has 0 bridgehead atoms. The fourth-order valence-electron chi connectivity index (χ4n) is 2.16. The summed E-state index contributed by atoms with van der Waals surface area (Å²) >= 11 is 6.27. The lowest BCUT2D eigenvalue weighted by Gasteiger charge is -2.17. The number of benzene rings is 1. The molecule has 1 aliphatic rings. The van der Waals surface area contributed by atoms with Crippen molar-refractivity contribution in [3.05, 3.63) is 28.8 Å². The third-order valence-electron chi connectivity index (χ3n) is 3.71. The van der Waals surface area contributed by atoms with Gasteiger partial charge in [0.1, 0.15) is 0 Å². The van der Waals surface area contributed by atoms with Gasteiger partial charge in [0.15, 0.2) is 6.04 Å². The normalized spacial score (nSPS) is 18.0. The number of esters is 1. The van der Waals surface area contributed by atoms with Gasteiger partial charge in [0.25, 0.3) is 5.91 Å². The molecule has 8 heteroatoms. The van der Waals surface area contributed by atoms with Crippen molar-refractivity contribution in [1.29, 1.82) is 0 Å². The van der Waals surface area contributed by atoms with Crippen LogP contribution in [-0.2, 0) is 25.7 Å². The molecule has 1 aromatic carbocycles. The van der Waals surface area contributed by atoms with E-state index in [1.165, 1.54) is 5.06 Å². The summed E-state index contributed by atoms with van der Waals surface area (Å²) < 4.78 is 4.87. The van der Waals surface area contributed by atoms with Crippen molar-refractivity contribution >= 4 is 29.2 Å². The van der Waals surface area contributed by atoms with Crippen LogP contribution in [0.1, 0.15) is 33.3 Å². The van der Waals surface area contributed by atoms with E-state index in [1.807, 2.05) is 13.8 Å². The van der Waals surface area contributed by atoms with E-state index in [0.29, 0.717) is 23.9 Å². The summed E-state index contributed by atoms with van der Waals surface area (Å²) in [5.41, 5.74) is 0.730. The van der Waals surface area contributed by atoms with Crippen LogP contribution in [0.5, 0.6) is 0 Å². The summed E-state index contributed by atoms with van der Waals surface area (Å²) in [7, 11) is 0. The molecule has 7 nitrogen and oxygen atoms in total. The maximum absolute atomic E-state index is 12.2. The number of halogens is 1. The lowest BCUT2D eigenvalue weighted by molar-refractivity contribution is -0.165. The highest BCUT2D eigenvalue weighted by Crippen LogP contribution is 2.30. The highest BCUT2D eigenvalue weighted by Gasteiger charge is 2.40. The number of hydrogen-bond acceptors (Lipinski definition) is 6. The first-order chi connectivity index (χ1) is 11.7. The average molecular weight is 368 g/mol. The molecule has 0 aliphatic carbocycles. The standard InChI is InChI=1S/C17H22ClN3O4/c1-5-24-15(22)11(2)19-20-13-7-6-12(14(18)8-13)9-21-16(23)17(3,4)10-25-21/h6-8,11H,5,9-10H2,1-4H3. The van der Waals surface area contributed by atoms with Crippen LogP contribution in [0.3, 0.4) is 0 Å². The van der Waals surface area contributed by atoms with Crippen LogP contribution >= 0.6 is 11.6 Å². The topological polar surface area (TPSA) is 80.6 Å². The minimum atomic E-state index is -0.684. The van der Waals surface area contributed by atoms with E-state index in [-0.39, 0.29) is 12.5 Å². The first-order valence-electron chi connectivity index (χ1n) is 8.05. The Morgan fingerprint density at radius 2 is 2.20 bits per heavy atom. The van der Waals surface area contributed by atoms with E-state index in [0.717, 1.165) is 5.56 Å². The van der Waals surface area contributed by atoms with Crippen LogP contribution in [0.2, 0.25) is 5.02 Å². The van der Waals surface area contributed by atoms with Crippen molar-refractivity contribution in [2.45, 2.75) is 40.3 Å². The molecule has 1 saturated heterocycles. The van der Waals surface area contributed by atoms with Gasteiger partial charge in [-0.25, -0.2) is 9.86 Å². The van der Waals surface area contributed by atoms with Gasteiger partial charge in [0.2, 0.25) is 0 Å². The zero-order valence-electron chi connectivity index (χ0n) is 14.8. The van der Waals surface area contributed by atoms with Crippen molar-refractivity contribution in [1.82, 2.24) is 5.06 Å². The van der Waals surface area contributed by atoms with Crippen molar-refractivity contribution < 1.29 is 19.2 Å². The number of hydrogen-bond donors (Lipinski definition) is 0. The number of azo groups is 1. The second-order valence-electron chi connectivity index (χ2n) is 6.42. The molecule has 0 aromatic heterocycles. The molecule has 1 heterocycles. The molecular weight excluding hydrogens is 346 g/mol. The molecule has 1 aliphatic heterocycles. The Bertz CT molecular complexity index is 690. The Hall–Kier alpha value is -1.99. The SMILES string of the molecule is CCOC(=O)C(C)N=Nc1ccc(CN2OCC(C)(C)C2=O)c(Cl)c1. The van der Waals surface area contributed by atoms with E-state index >= 15 is 0 Å². The predicted molar refractivity (Wildman–Crippen MR) is 92.3 cm³/mol. The molecule has 0 N–H and O–H groups in total. The van der Waals surface area contributed by atoms with Crippen LogP contribution < -0.4 is 0 Å². The molecule has 0 radical (unpaired) electrons. The van der Waals surface area contributed by atoms with Crippen molar-refractivity contribution in [3.8, 4) is 0 Å². The highest BCUT2D eigenvalue weighted by molar-refractivity contribution is 6.31. The predicted octanol–water partition coefficient (Wildman–Crippen LogP) is 3.68. The second kappa shape index (κ2) is 7.93. The van der Waals surface area contributed by atoms with Gasteiger partial charge in [-0.3, -0.25) is 9.63 Å². The summed E-state index contributed by atoms with van der Waals surface area (Å²) in [5, 5.41) is 9.70. The van der Waals surface area contributed by atoms with Gasteiger partial charge in [0, 0.05) is 5.02 Å². The fourth-order valence-corrected chi connectivity index (χ4v) is 2.39. The summed E-state index contributed by atoms with van der Waals surface area (Å²) in [5.74, 6) is -0.503. The summed E-state index contributed by atoms with van der Waals surface area (Å²) in [6, 6.07) is 4.42. The van der Waals surface area contributed by atoms with Gasteiger partial charge in [0.05, 0.1) is 30.9 Å². The molecule has 136 valence electrons. The lowest BCUT2D eigenvalue weighted by atomic mass is 9.95. The largest absolute Gasteiger partial charge is 0.464 e. The zero-order valence-corrected chi connectivity index (χ0v) is 15.5. The molecule has 1 fully saturated rings. The van der Waals surface area contributed by atoms with Gasteiger partial charge in [-0.05, 0) is 45.4 Å². The summed E-state index contributed by atoms with van der Waals surface area (Å²) in [6.45, 7) is 7.93. The van der Waals surface area contributed by atoms with Crippen LogP contribution in [0.25, 0.3) is 0 Å². The first kappa shape index (κ1) is 19.3. The summed E-state index contributed by atoms with van der Waals surface area (Å²) in [6.07, 6.45) is 0. The van der Waals surface area contributed by atoms with Gasteiger partial charge in [-0.1, -0.05) is 17.7 Å². The monoisotopic (exact) mass is 367 g/mol. The molecule has 1 aromatic rings. The van der Waals surface area contributed by atoms with Crippen LogP contribution in [0.15, 0.2) is 28.4 Å². The average Bonchev–Trinajstić information content (AvgIpc) is 2.82. The van der Waals surface area contributed by atoms with Gasteiger partial charge in [-0.15, -0.1) is 0 Å². The van der Waals surface area contributed by atoms with E-state index in [9.17, 15) is 9.59 Å². The van der Waals surface area contributed by atoms with Crippen LogP contribution in [0, 0.1) is 5.41 Å². The number of carbonyl (C=O) groups excluding carboxylic acids is 2. The molecule has 0 spiro atoms. The maximum atomic E-state index is 12.2. The lowest BCUT2D eigenvalue weighted by Crippen LogP contribution is -2.30. The Kier molecular flexibility index (Phi) is 6.13. The number of nitrogens with zero attached hydrogens (tertiary/aromatic N) is 3. The number of ether oxygens (including phenoxy) is 1. The van der Waals surface area contributed by atoms with Gasteiger partial charge >= 0.3 is 5.97 Å². The molecule has 25 heavy (non-hydrogen) atoms. The smallest absolute Gasteiger partial charge is 0.332 e. The van der Waals surface area contributed by atoms with E-state index in [1.54, 1.807) is 32.0 Å². The highest BCUT2D eigenvalue weighted by atomic mass is 35.5.